The average Bonchev–Trinajstić information content (AvgIpc) is 3.35. The van der Waals surface area contributed by atoms with Crippen LogP contribution in [0.2, 0.25) is 0 Å². The number of thiocarbonyl (C=S) groups is 1. The summed E-state index contributed by atoms with van der Waals surface area (Å²) in [5.41, 5.74) is 1.03. The highest BCUT2D eigenvalue weighted by Crippen LogP contribution is 2.31. The van der Waals surface area contributed by atoms with Gasteiger partial charge in [-0.3, -0.25) is 14.5 Å². The summed E-state index contributed by atoms with van der Waals surface area (Å²) in [5, 5.41) is 12.4. The summed E-state index contributed by atoms with van der Waals surface area (Å²) in [7, 11) is 0. The van der Waals surface area contributed by atoms with Crippen molar-refractivity contribution < 1.29 is 19.1 Å². The van der Waals surface area contributed by atoms with Crippen LogP contribution < -0.4 is 5.32 Å². The number of aliphatic hydroxyl groups excluding tert-OH is 1. The van der Waals surface area contributed by atoms with Gasteiger partial charge in [-0.1, -0.05) is 60.4 Å². The molecule has 1 fully saturated rings. The van der Waals surface area contributed by atoms with Gasteiger partial charge >= 0.3 is 0 Å². The number of hydrogen-bond donors (Lipinski definition) is 2. The van der Waals surface area contributed by atoms with Crippen LogP contribution in [0.25, 0.3) is 6.08 Å². The van der Waals surface area contributed by atoms with E-state index in [-0.39, 0.29) is 37.4 Å². The van der Waals surface area contributed by atoms with Gasteiger partial charge in [0.05, 0.1) is 23.8 Å². The van der Waals surface area contributed by atoms with E-state index >= 15 is 0 Å². The monoisotopic (exact) mass is 442 g/mol. The first-order chi connectivity index (χ1) is 14.6. The van der Waals surface area contributed by atoms with E-state index in [0.29, 0.717) is 21.4 Å². The van der Waals surface area contributed by atoms with Crippen molar-refractivity contribution in [1.82, 2.24) is 10.2 Å². The van der Waals surface area contributed by atoms with Crippen LogP contribution in [-0.4, -0.2) is 45.3 Å². The van der Waals surface area contributed by atoms with Gasteiger partial charge in [0.25, 0.3) is 5.91 Å². The third kappa shape index (κ3) is 6.16. The fourth-order valence-electron chi connectivity index (χ4n) is 2.90. The number of furan rings is 1. The molecule has 0 unspecified atom stereocenters. The minimum Gasteiger partial charge on any atom is -0.465 e. The number of nitrogens with one attached hydrogen (secondary N) is 1. The van der Waals surface area contributed by atoms with E-state index in [2.05, 4.69) is 5.32 Å². The van der Waals surface area contributed by atoms with Gasteiger partial charge in [-0.15, -0.1) is 0 Å². The minimum atomic E-state index is -0.377. The summed E-state index contributed by atoms with van der Waals surface area (Å²) in [6.07, 6.45) is 7.38. The molecule has 2 amide bonds. The van der Waals surface area contributed by atoms with Crippen LogP contribution in [0, 0.1) is 0 Å². The zero-order valence-electron chi connectivity index (χ0n) is 16.2. The predicted molar refractivity (Wildman–Crippen MR) is 122 cm³/mol. The van der Waals surface area contributed by atoms with Crippen molar-refractivity contribution in [3.63, 3.8) is 0 Å². The molecule has 2 heterocycles. The van der Waals surface area contributed by atoms with Crippen LogP contribution in [0.3, 0.4) is 0 Å². The number of hydrogen-bond acceptors (Lipinski definition) is 6. The fourth-order valence-corrected chi connectivity index (χ4v) is 4.16. The molecule has 1 aromatic carbocycles. The van der Waals surface area contributed by atoms with E-state index in [1.165, 1.54) is 16.7 Å². The highest BCUT2D eigenvalue weighted by atomic mass is 32.2. The smallest absolute Gasteiger partial charge is 0.266 e. The largest absolute Gasteiger partial charge is 0.465 e. The van der Waals surface area contributed by atoms with E-state index < -0.39 is 0 Å². The van der Waals surface area contributed by atoms with Crippen LogP contribution in [0.1, 0.15) is 17.7 Å². The Morgan fingerprint density at radius 1 is 1.27 bits per heavy atom. The summed E-state index contributed by atoms with van der Waals surface area (Å²) in [6.45, 7) is 0.0334. The van der Waals surface area contributed by atoms with Crippen LogP contribution in [0.15, 0.2) is 70.2 Å². The molecule has 0 spiro atoms. The first-order valence-electron chi connectivity index (χ1n) is 9.46. The van der Waals surface area contributed by atoms with Crippen LogP contribution >= 0.6 is 24.0 Å². The lowest BCUT2D eigenvalue weighted by Gasteiger charge is -2.18. The summed E-state index contributed by atoms with van der Waals surface area (Å²) in [4.78, 5) is 26.8. The Hall–Kier alpha value is -2.68. The molecule has 2 N–H and O–H groups in total. The number of carbonyl (C=O) groups excluding carboxylic acids is 2. The number of nitrogens with zero attached hydrogens (tertiary/aromatic N) is 1. The molecular weight excluding hydrogens is 420 g/mol. The molecule has 1 aliphatic heterocycles. The Bertz CT molecular complexity index is 939. The van der Waals surface area contributed by atoms with Crippen molar-refractivity contribution in [3.05, 3.63) is 77.1 Å². The fraction of sp³-hybridized carbons (Fsp3) is 0.227. The summed E-state index contributed by atoms with van der Waals surface area (Å²) < 4.78 is 5.63. The maximum atomic E-state index is 12.6. The van der Waals surface area contributed by atoms with E-state index in [9.17, 15) is 14.7 Å². The van der Waals surface area contributed by atoms with Gasteiger partial charge in [-0.05, 0) is 36.3 Å². The SMILES string of the molecule is O=C(CCN1C(=O)/C(=C/C=C\c2ccco2)SC1=S)N[C@H](CO)Cc1ccccc1. The molecule has 0 saturated carbocycles. The summed E-state index contributed by atoms with van der Waals surface area (Å²) in [5.74, 6) is 0.234. The first-order valence-corrected chi connectivity index (χ1v) is 10.7. The van der Waals surface area contributed by atoms with Crippen LogP contribution in [-0.2, 0) is 16.0 Å². The minimum absolute atomic E-state index is 0.104. The highest BCUT2D eigenvalue weighted by Gasteiger charge is 2.31. The summed E-state index contributed by atoms with van der Waals surface area (Å²) >= 11 is 6.49. The van der Waals surface area contributed by atoms with E-state index in [1.807, 2.05) is 36.4 Å². The Balaban J connectivity index is 1.50. The van der Waals surface area contributed by atoms with E-state index in [4.69, 9.17) is 16.6 Å². The molecule has 3 rings (SSSR count). The second kappa shape index (κ2) is 10.9. The zero-order chi connectivity index (χ0) is 21.3. The first kappa shape index (κ1) is 22.0. The quantitative estimate of drug-likeness (QED) is 0.459. The molecule has 8 heteroatoms. The molecule has 156 valence electrons. The van der Waals surface area contributed by atoms with Gasteiger partial charge in [0.2, 0.25) is 5.91 Å². The number of aliphatic hydroxyl groups is 1. The van der Waals surface area contributed by atoms with Crippen molar-refractivity contribution in [2.45, 2.75) is 18.9 Å². The highest BCUT2D eigenvalue weighted by molar-refractivity contribution is 8.26. The van der Waals surface area contributed by atoms with Crippen LogP contribution in [0.4, 0.5) is 0 Å². The van der Waals surface area contributed by atoms with E-state index in [1.54, 1.807) is 30.6 Å². The van der Waals surface area contributed by atoms with Gasteiger partial charge < -0.3 is 14.8 Å². The molecule has 0 radical (unpaired) electrons. The molecule has 1 aromatic heterocycles. The molecule has 1 saturated heterocycles. The van der Waals surface area contributed by atoms with E-state index in [0.717, 1.165) is 5.56 Å². The van der Waals surface area contributed by atoms with Gasteiger partial charge in [-0.2, -0.15) is 0 Å². The standard InChI is InChI=1S/C22H22N2O4S2/c25-15-17(14-16-6-2-1-3-7-16)23-20(26)11-12-24-21(27)19(30-22(24)29)10-4-8-18-9-5-13-28-18/h1-10,13,17,25H,11-12,14-15H2,(H,23,26)/b8-4-,19-10-/t17-/m0/s1. The lowest BCUT2D eigenvalue weighted by Crippen LogP contribution is -2.41. The van der Waals surface area contributed by atoms with Crippen molar-refractivity contribution >= 4 is 46.2 Å². The molecule has 0 bridgehead atoms. The predicted octanol–water partition coefficient (Wildman–Crippen LogP) is 3.15. The molecule has 1 atom stereocenters. The maximum Gasteiger partial charge on any atom is 0.266 e. The second-order valence-electron chi connectivity index (χ2n) is 6.62. The Labute approximate surface area is 184 Å². The lowest BCUT2D eigenvalue weighted by molar-refractivity contribution is -0.124. The third-order valence-corrected chi connectivity index (χ3v) is 5.79. The number of rotatable bonds is 9. The third-order valence-electron chi connectivity index (χ3n) is 4.40. The molecule has 30 heavy (non-hydrogen) atoms. The maximum absolute atomic E-state index is 12.6. The number of benzene rings is 1. The number of allylic oxidation sites excluding steroid dienone is 2. The molecule has 0 aliphatic carbocycles. The van der Waals surface area contributed by atoms with Crippen molar-refractivity contribution in [1.29, 1.82) is 0 Å². The van der Waals surface area contributed by atoms with Gasteiger partial charge in [-0.25, -0.2) is 0 Å². The molecule has 2 aromatic rings. The number of thioether (sulfide) groups is 1. The van der Waals surface area contributed by atoms with Gasteiger partial charge in [0.1, 0.15) is 10.1 Å². The normalized spacial score (nSPS) is 16.6. The Morgan fingerprint density at radius 3 is 2.77 bits per heavy atom. The van der Waals surface area contributed by atoms with Gasteiger partial charge in [0, 0.05) is 13.0 Å². The molecule has 1 aliphatic rings. The van der Waals surface area contributed by atoms with Crippen molar-refractivity contribution in [2.24, 2.45) is 0 Å². The second-order valence-corrected chi connectivity index (χ2v) is 8.29. The topological polar surface area (TPSA) is 82.8 Å². The Morgan fingerprint density at radius 2 is 2.07 bits per heavy atom. The zero-order valence-corrected chi connectivity index (χ0v) is 17.8. The average molecular weight is 443 g/mol. The number of carbonyl (C=O) groups is 2. The number of amides is 2. The summed E-state index contributed by atoms with van der Waals surface area (Å²) in [6, 6.07) is 12.9. The van der Waals surface area contributed by atoms with Crippen LogP contribution in [0.5, 0.6) is 0 Å². The molecule has 6 nitrogen and oxygen atoms in total. The van der Waals surface area contributed by atoms with Crippen molar-refractivity contribution in [2.75, 3.05) is 13.2 Å². The Kier molecular flexibility index (Phi) is 8.01. The molecular formula is C22H22N2O4S2. The lowest BCUT2D eigenvalue weighted by atomic mass is 10.1. The van der Waals surface area contributed by atoms with Crippen molar-refractivity contribution in [3.8, 4) is 0 Å². The van der Waals surface area contributed by atoms with Gasteiger partial charge in [0.15, 0.2) is 0 Å².